The summed E-state index contributed by atoms with van der Waals surface area (Å²) in [7, 11) is 1.69. The van der Waals surface area contributed by atoms with Gasteiger partial charge in [-0.3, -0.25) is 0 Å². The van der Waals surface area contributed by atoms with Crippen LogP contribution in [0, 0.1) is 0 Å². The first-order chi connectivity index (χ1) is 2.91. The summed E-state index contributed by atoms with van der Waals surface area (Å²) in [6, 6.07) is 0. The van der Waals surface area contributed by atoms with Crippen molar-refractivity contribution in [1.82, 2.24) is 0 Å². The summed E-state index contributed by atoms with van der Waals surface area (Å²) >= 11 is -0.943. The topological polar surface area (TPSA) is 18.5 Å². The molecule has 0 atom stereocenters. The molecule has 0 rings (SSSR count). The molecule has 0 spiro atoms. The van der Waals surface area contributed by atoms with Gasteiger partial charge >= 0.3 is 55.0 Å². The van der Waals surface area contributed by atoms with E-state index in [1.807, 2.05) is 6.92 Å². The van der Waals surface area contributed by atoms with Crippen molar-refractivity contribution in [3.05, 3.63) is 0 Å². The summed E-state index contributed by atoms with van der Waals surface area (Å²) < 4.78 is 9.70. The van der Waals surface area contributed by atoms with Gasteiger partial charge in [-0.2, -0.15) is 0 Å². The van der Waals surface area contributed by atoms with Crippen molar-refractivity contribution in [1.29, 1.82) is 0 Å². The quantitative estimate of drug-likeness (QED) is 0.569. The Balaban J connectivity index is 2.34. The molecule has 0 aliphatic heterocycles. The van der Waals surface area contributed by atoms with Gasteiger partial charge in [0.05, 0.1) is 0 Å². The zero-order chi connectivity index (χ0) is 4.83. The predicted molar refractivity (Wildman–Crippen MR) is 18.6 cm³/mol. The molecule has 0 aromatic rings. The van der Waals surface area contributed by atoms with Crippen molar-refractivity contribution in [3.8, 4) is 0 Å². The summed E-state index contributed by atoms with van der Waals surface area (Å²) in [4.78, 5) is 0. The second-order valence-corrected chi connectivity index (χ2v) is 3.24. The first-order valence-corrected chi connectivity index (χ1v) is 4.19. The number of hydrogen-bond acceptors (Lipinski definition) is 2. The van der Waals surface area contributed by atoms with Gasteiger partial charge in [0.25, 0.3) is 0 Å². The first kappa shape index (κ1) is 7.02. The SMILES string of the molecule is CC[O][Y][O]C. The Labute approximate surface area is 54.8 Å². The molecule has 0 fully saturated rings. The molecule has 0 radical (unpaired) electrons. The molecule has 0 unspecified atom stereocenters. The zero-order valence-electron chi connectivity index (χ0n) is 4.10. The molecule has 0 aromatic carbocycles. The second kappa shape index (κ2) is 6.02. The van der Waals surface area contributed by atoms with Crippen LogP contribution in [0.4, 0.5) is 0 Å². The van der Waals surface area contributed by atoms with Gasteiger partial charge in [0, 0.05) is 0 Å². The van der Waals surface area contributed by atoms with E-state index in [1.165, 1.54) is 0 Å². The Bertz CT molecular complexity index is 20.8. The molecule has 35 valence electrons. The summed E-state index contributed by atoms with van der Waals surface area (Å²) in [5.74, 6) is 0. The Morgan fingerprint density at radius 2 is 2.33 bits per heavy atom. The fraction of sp³-hybridized carbons (Fsp3) is 1.00. The second-order valence-electron chi connectivity index (χ2n) is 0.787. The molecule has 0 aliphatic carbocycles. The zero-order valence-corrected chi connectivity index (χ0v) is 6.94. The minimum absolute atomic E-state index is 0.814. The van der Waals surface area contributed by atoms with Crippen LogP contribution in [0.15, 0.2) is 0 Å². The minimum atomic E-state index is -0.943. The van der Waals surface area contributed by atoms with Crippen LogP contribution in [-0.2, 0) is 34.3 Å². The third-order valence-electron chi connectivity index (χ3n) is 0.331. The van der Waals surface area contributed by atoms with Crippen LogP contribution in [-0.4, -0.2) is 13.7 Å². The maximum atomic E-state index is 4.95. The Kier molecular flexibility index (Phi) is 7.05. The van der Waals surface area contributed by atoms with Crippen LogP contribution in [0.5, 0.6) is 0 Å². The van der Waals surface area contributed by atoms with E-state index in [-0.39, 0.29) is 0 Å². The van der Waals surface area contributed by atoms with Crippen LogP contribution in [0.2, 0.25) is 0 Å². The Morgan fingerprint density at radius 1 is 1.67 bits per heavy atom. The average Bonchev–Trinajstić information content (AvgIpc) is 1.61. The molecule has 3 heteroatoms. The maximum absolute atomic E-state index is 4.95. The van der Waals surface area contributed by atoms with Crippen molar-refractivity contribution < 1.29 is 34.3 Å². The monoisotopic (exact) mass is 165 g/mol. The van der Waals surface area contributed by atoms with E-state index in [9.17, 15) is 0 Å². The standard InChI is InChI=1S/C2H5O.CH3O.Y/c1-2-3;1-2;/h2H2,1H3;1H3;/q2*-1;+2. The Hall–Kier alpha value is 1.02. The molecule has 0 amide bonds. The third-order valence-corrected chi connectivity index (χ3v) is 1.96. The van der Waals surface area contributed by atoms with E-state index < -0.39 is 30.2 Å². The Morgan fingerprint density at radius 3 is 2.50 bits per heavy atom. The molecule has 0 saturated carbocycles. The van der Waals surface area contributed by atoms with Crippen LogP contribution in [0.1, 0.15) is 6.92 Å². The third kappa shape index (κ3) is 5.02. The van der Waals surface area contributed by atoms with Gasteiger partial charge in [-0.05, 0) is 0 Å². The van der Waals surface area contributed by atoms with E-state index in [1.54, 1.807) is 7.11 Å². The molecule has 2 nitrogen and oxygen atoms in total. The van der Waals surface area contributed by atoms with Crippen molar-refractivity contribution in [3.63, 3.8) is 0 Å². The fourth-order valence-corrected chi connectivity index (χ4v) is 0.805. The molecule has 0 bridgehead atoms. The van der Waals surface area contributed by atoms with Crippen molar-refractivity contribution in [2.24, 2.45) is 0 Å². The van der Waals surface area contributed by atoms with Crippen molar-refractivity contribution in [2.45, 2.75) is 6.92 Å². The van der Waals surface area contributed by atoms with E-state index in [0.717, 1.165) is 6.61 Å². The van der Waals surface area contributed by atoms with Gasteiger partial charge in [0.2, 0.25) is 0 Å². The van der Waals surface area contributed by atoms with Crippen LogP contribution >= 0.6 is 0 Å². The normalized spacial score (nSPS) is 7.67. The summed E-state index contributed by atoms with van der Waals surface area (Å²) in [5.41, 5.74) is 0. The number of hydrogen-bond donors (Lipinski definition) is 0. The average molecular weight is 165 g/mol. The van der Waals surface area contributed by atoms with Gasteiger partial charge in [0.15, 0.2) is 0 Å². The van der Waals surface area contributed by atoms with Crippen LogP contribution in [0.3, 0.4) is 0 Å². The molecular weight excluding hydrogens is 157 g/mol. The van der Waals surface area contributed by atoms with Gasteiger partial charge in [-0.25, -0.2) is 0 Å². The van der Waals surface area contributed by atoms with Crippen molar-refractivity contribution >= 4 is 0 Å². The predicted octanol–water partition coefficient (Wildman–Crippen LogP) is 0.582. The van der Waals surface area contributed by atoms with Gasteiger partial charge in [0.1, 0.15) is 0 Å². The van der Waals surface area contributed by atoms with Crippen molar-refractivity contribution in [2.75, 3.05) is 13.7 Å². The van der Waals surface area contributed by atoms with Gasteiger partial charge < -0.3 is 0 Å². The number of rotatable bonds is 3. The van der Waals surface area contributed by atoms with Gasteiger partial charge in [-0.15, -0.1) is 0 Å². The van der Waals surface area contributed by atoms with E-state index in [2.05, 4.69) is 0 Å². The summed E-state index contributed by atoms with van der Waals surface area (Å²) in [6.07, 6.45) is 0. The molecule has 0 saturated heterocycles. The van der Waals surface area contributed by atoms with E-state index in [0.29, 0.717) is 0 Å². The van der Waals surface area contributed by atoms with Crippen LogP contribution < -0.4 is 0 Å². The summed E-state index contributed by atoms with van der Waals surface area (Å²) in [5, 5.41) is 0. The molecule has 0 aromatic heterocycles. The molecule has 0 aliphatic rings. The molecular formula is C3H8O2Y. The first-order valence-electron chi connectivity index (χ1n) is 1.88. The molecule has 6 heavy (non-hydrogen) atoms. The molecule has 0 N–H and O–H groups in total. The fourth-order valence-electron chi connectivity index (χ4n) is 0.136. The van der Waals surface area contributed by atoms with E-state index in [4.69, 9.17) is 4.10 Å². The summed E-state index contributed by atoms with van der Waals surface area (Å²) in [6.45, 7) is 2.79. The van der Waals surface area contributed by atoms with E-state index >= 15 is 0 Å². The van der Waals surface area contributed by atoms with Gasteiger partial charge in [-0.1, -0.05) is 0 Å². The molecule has 0 heterocycles. The van der Waals surface area contributed by atoms with Crippen LogP contribution in [0.25, 0.3) is 0 Å².